The number of rotatable bonds is 8. The van der Waals surface area contributed by atoms with Crippen LogP contribution in [0.4, 0.5) is 0 Å². The molecular weight excluding hydrogens is 220 g/mol. The molecule has 0 bridgehead atoms. The van der Waals surface area contributed by atoms with Gasteiger partial charge in [0.15, 0.2) is 0 Å². The first-order valence-electron chi connectivity index (χ1n) is 8.18. The quantitative estimate of drug-likeness (QED) is 0.663. The second-order valence-corrected chi connectivity index (χ2v) is 6.15. The Balaban J connectivity index is 2.54. The molecule has 2 heteroatoms. The summed E-state index contributed by atoms with van der Waals surface area (Å²) in [5, 5.41) is 3.53. The Hall–Kier alpha value is -0.0800. The molecular formula is C16H34N2. The highest BCUT2D eigenvalue weighted by molar-refractivity contribution is 4.87. The minimum atomic E-state index is 0.456. The second kappa shape index (κ2) is 8.92. The Morgan fingerprint density at radius 1 is 0.944 bits per heavy atom. The highest BCUT2D eigenvalue weighted by atomic mass is 15.2. The topological polar surface area (TPSA) is 15.3 Å². The van der Waals surface area contributed by atoms with Crippen LogP contribution in [0.5, 0.6) is 0 Å². The molecule has 2 nitrogen and oxygen atoms in total. The average Bonchev–Trinajstić information content (AvgIpc) is 2.66. The first-order valence-corrected chi connectivity index (χ1v) is 8.18. The monoisotopic (exact) mass is 254 g/mol. The summed E-state index contributed by atoms with van der Waals surface area (Å²) < 4.78 is 0. The van der Waals surface area contributed by atoms with Crippen LogP contribution in [0.15, 0.2) is 0 Å². The van der Waals surface area contributed by atoms with E-state index in [4.69, 9.17) is 0 Å². The largest absolute Gasteiger partial charge is 0.315 e. The molecule has 108 valence electrons. The van der Waals surface area contributed by atoms with Crippen molar-refractivity contribution in [3.63, 3.8) is 0 Å². The van der Waals surface area contributed by atoms with E-state index in [1.54, 1.807) is 0 Å². The van der Waals surface area contributed by atoms with Crippen LogP contribution in [0, 0.1) is 0 Å². The van der Waals surface area contributed by atoms with Crippen molar-refractivity contribution < 1.29 is 0 Å². The van der Waals surface area contributed by atoms with Crippen molar-refractivity contribution in [2.45, 2.75) is 77.7 Å². The number of hydrogen-bond acceptors (Lipinski definition) is 2. The smallest absolute Gasteiger partial charge is 0.0182 e. The molecule has 1 aliphatic heterocycles. The third-order valence-corrected chi connectivity index (χ3v) is 4.49. The summed E-state index contributed by atoms with van der Waals surface area (Å²) in [6.07, 6.45) is 10.9. The molecule has 1 atom stereocenters. The Morgan fingerprint density at radius 3 is 2.39 bits per heavy atom. The Bertz CT molecular complexity index is 197. The minimum absolute atomic E-state index is 0.456. The van der Waals surface area contributed by atoms with Gasteiger partial charge in [0.2, 0.25) is 0 Å². The number of nitrogens with zero attached hydrogens (tertiary/aromatic N) is 1. The fourth-order valence-corrected chi connectivity index (χ4v) is 3.14. The second-order valence-electron chi connectivity index (χ2n) is 6.15. The van der Waals surface area contributed by atoms with E-state index >= 15 is 0 Å². The van der Waals surface area contributed by atoms with Crippen molar-refractivity contribution in [2.75, 3.05) is 26.2 Å². The molecule has 0 aromatic heterocycles. The van der Waals surface area contributed by atoms with Crippen molar-refractivity contribution in [3.8, 4) is 0 Å². The fourth-order valence-electron chi connectivity index (χ4n) is 3.14. The van der Waals surface area contributed by atoms with E-state index in [-0.39, 0.29) is 0 Å². The van der Waals surface area contributed by atoms with E-state index in [9.17, 15) is 0 Å². The summed E-state index contributed by atoms with van der Waals surface area (Å²) in [5.74, 6) is 0. The predicted octanol–water partition coefficient (Wildman–Crippen LogP) is 3.81. The van der Waals surface area contributed by atoms with Crippen LogP contribution in [-0.4, -0.2) is 36.6 Å². The van der Waals surface area contributed by atoms with E-state index in [0.717, 1.165) is 0 Å². The van der Waals surface area contributed by atoms with Gasteiger partial charge in [-0.15, -0.1) is 0 Å². The molecule has 1 saturated heterocycles. The van der Waals surface area contributed by atoms with Gasteiger partial charge in [-0.3, -0.25) is 4.90 Å². The van der Waals surface area contributed by atoms with Crippen LogP contribution in [-0.2, 0) is 0 Å². The summed E-state index contributed by atoms with van der Waals surface area (Å²) in [6.45, 7) is 12.1. The van der Waals surface area contributed by atoms with Gasteiger partial charge in [-0.05, 0) is 39.3 Å². The molecule has 0 radical (unpaired) electrons. The van der Waals surface area contributed by atoms with E-state index in [1.165, 1.54) is 77.5 Å². The summed E-state index contributed by atoms with van der Waals surface area (Å²) >= 11 is 0. The first kappa shape index (κ1) is 16.0. The van der Waals surface area contributed by atoms with Crippen molar-refractivity contribution >= 4 is 0 Å². The van der Waals surface area contributed by atoms with Crippen molar-refractivity contribution in [1.82, 2.24) is 10.2 Å². The molecule has 0 aromatic carbocycles. The first-order chi connectivity index (χ1) is 8.73. The molecule has 0 spiro atoms. The third kappa shape index (κ3) is 5.27. The van der Waals surface area contributed by atoms with Gasteiger partial charge in [0.05, 0.1) is 0 Å². The standard InChI is InChI=1S/C16H34N2/c1-4-6-8-11-16(3,10-7-5-2)18-14-9-12-17-13-15-18/h17H,4-15H2,1-3H3. The van der Waals surface area contributed by atoms with Crippen LogP contribution < -0.4 is 5.32 Å². The summed E-state index contributed by atoms with van der Waals surface area (Å²) in [5.41, 5.74) is 0.456. The SMILES string of the molecule is CCCCCC(C)(CCCC)N1CCCNCC1. The van der Waals surface area contributed by atoms with Gasteiger partial charge in [-0.25, -0.2) is 0 Å². The molecule has 1 aliphatic rings. The van der Waals surface area contributed by atoms with Gasteiger partial charge < -0.3 is 5.32 Å². The average molecular weight is 254 g/mol. The molecule has 1 unspecified atom stereocenters. The molecule has 1 heterocycles. The summed E-state index contributed by atoms with van der Waals surface area (Å²) in [7, 11) is 0. The highest BCUT2D eigenvalue weighted by Gasteiger charge is 2.30. The molecule has 0 amide bonds. The van der Waals surface area contributed by atoms with Gasteiger partial charge in [0, 0.05) is 18.6 Å². The van der Waals surface area contributed by atoms with Gasteiger partial charge >= 0.3 is 0 Å². The van der Waals surface area contributed by atoms with E-state index in [0.29, 0.717) is 5.54 Å². The fraction of sp³-hybridized carbons (Fsp3) is 1.00. The molecule has 1 rings (SSSR count). The molecule has 0 aliphatic carbocycles. The van der Waals surface area contributed by atoms with Crippen molar-refractivity contribution in [3.05, 3.63) is 0 Å². The Labute approximate surface area is 115 Å². The highest BCUT2D eigenvalue weighted by Crippen LogP contribution is 2.29. The minimum Gasteiger partial charge on any atom is -0.315 e. The lowest BCUT2D eigenvalue weighted by Gasteiger charge is -2.41. The van der Waals surface area contributed by atoms with E-state index in [2.05, 4.69) is 31.0 Å². The van der Waals surface area contributed by atoms with Gasteiger partial charge in [0.25, 0.3) is 0 Å². The van der Waals surface area contributed by atoms with Gasteiger partial charge in [-0.2, -0.15) is 0 Å². The maximum absolute atomic E-state index is 3.53. The van der Waals surface area contributed by atoms with E-state index in [1.807, 2.05) is 0 Å². The molecule has 1 N–H and O–H groups in total. The molecule has 1 fully saturated rings. The zero-order valence-electron chi connectivity index (χ0n) is 12.9. The van der Waals surface area contributed by atoms with Crippen LogP contribution in [0.2, 0.25) is 0 Å². The molecule has 18 heavy (non-hydrogen) atoms. The van der Waals surface area contributed by atoms with Crippen LogP contribution >= 0.6 is 0 Å². The van der Waals surface area contributed by atoms with Crippen LogP contribution in [0.3, 0.4) is 0 Å². The number of nitrogens with one attached hydrogen (secondary N) is 1. The van der Waals surface area contributed by atoms with Gasteiger partial charge in [0.1, 0.15) is 0 Å². The third-order valence-electron chi connectivity index (χ3n) is 4.49. The maximum atomic E-state index is 3.53. The summed E-state index contributed by atoms with van der Waals surface area (Å²) in [4.78, 5) is 2.78. The number of unbranched alkanes of at least 4 members (excludes halogenated alkanes) is 3. The summed E-state index contributed by atoms with van der Waals surface area (Å²) in [6, 6.07) is 0. The van der Waals surface area contributed by atoms with Crippen molar-refractivity contribution in [1.29, 1.82) is 0 Å². The van der Waals surface area contributed by atoms with Gasteiger partial charge in [-0.1, -0.05) is 46.0 Å². The Morgan fingerprint density at radius 2 is 1.67 bits per heavy atom. The molecule has 0 saturated carbocycles. The van der Waals surface area contributed by atoms with Crippen molar-refractivity contribution in [2.24, 2.45) is 0 Å². The zero-order valence-corrected chi connectivity index (χ0v) is 12.9. The lowest BCUT2D eigenvalue weighted by Crippen LogP contribution is -2.48. The van der Waals surface area contributed by atoms with Crippen LogP contribution in [0.25, 0.3) is 0 Å². The lowest BCUT2D eigenvalue weighted by molar-refractivity contribution is 0.0876. The van der Waals surface area contributed by atoms with Crippen LogP contribution in [0.1, 0.15) is 72.1 Å². The number of hydrogen-bond donors (Lipinski definition) is 1. The Kier molecular flexibility index (Phi) is 7.92. The normalized spacial score (nSPS) is 21.5. The zero-order chi connectivity index (χ0) is 13.3. The van der Waals surface area contributed by atoms with E-state index < -0.39 is 0 Å². The predicted molar refractivity (Wildman–Crippen MR) is 81.1 cm³/mol. The maximum Gasteiger partial charge on any atom is 0.0182 e. The molecule has 0 aromatic rings. The lowest BCUT2D eigenvalue weighted by atomic mass is 9.86.